The molecule has 0 atom stereocenters. The number of carbonyl (C=O) groups excluding carboxylic acids is 2. The molecule has 1 heterocycles. The van der Waals surface area contributed by atoms with E-state index in [0.717, 1.165) is 38.0 Å². The standard InChI is InChI=1S/C20H30N2O2/c1-19(2,3)15-9-11-16(12-10-15)21-17(23)20(4,5)18(24)22-13-7-6-8-14-22/h9-12H,6-8,13-14H2,1-5H3,(H,21,23). The second kappa shape index (κ2) is 6.96. The third-order valence-corrected chi connectivity index (χ3v) is 4.75. The smallest absolute Gasteiger partial charge is 0.239 e. The third kappa shape index (κ3) is 4.16. The Morgan fingerprint density at radius 2 is 1.46 bits per heavy atom. The number of piperidine rings is 1. The molecule has 2 rings (SSSR count). The van der Waals surface area contributed by atoms with Crippen LogP contribution < -0.4 is 5.32 Å². The molecule has 4 heteroatoms. The zero-order valence-corrected chi connectivity index (χ0v) is 15.6. The van der Waals surface area contributed by atoms with Gasteiger partial charge in [0.15, 0.2) is 0 Å². The summed E-state index contributed by atoms with van der Waals surface area (Å²) in [4.78, 5) is 27.2. The molecular weight excluding hydrogens is 300 g/mol. The number of benzene rings is 1. The van der Waals surface area contributed by atoms with Crippen molar-refractivity contribution in [2.75, 3.05) is 18.4 Å². The summed E-state index contributed by atoms with van der Waals surface area (Å²) < 4.78 is 0. The number of hydrogen-bond acceptors (Lipinski definition) is 2. The first-order valence-electron chi connectivity index (χ1n) is 8.84. The van der Waals surface area contributed by atoms with E-state index in [1.54, 1.807) is 13.8 Å². The predicted octanol–water partition coefficient (Wildman–Crippen LogP) is 3.96. The molecule has 1 saturated heterocycles. The minimum atomic E-state index is -1.06. The molecule has 0 unspecified atom stereocenters. The average Bonchev–Trinajstić information content (AvgIpc) is 2.54. The number of anilines is 1. The molecule has 1 aliphatic heterocycles. The summed E-state index contributed by atoms with van der Waals surface area (Å²) in [6.45, 7) is 11.4. The molecule has 0 spiro atoms. The normalized spacial score (nSPS) is 16.0. The fourth-order valence-corrected chi connectivity index (χ4v) is 2.93. The first-order chi connectivity index (χ1) is 11.1. The Labute approximate surface area is 145 Å². The third-order valence-electron chi connectivity index (χ3n) is 4.75. The molecule has 1 N–H and O–H groups in total. The molecule has 0 bridgehead atoms. The van der Waals surface area contributed by atoms with E-state index in [4.69, 9.17) is 0 Å². The van der Waals surface area contributed by atoms with E-state index in [2.05, 4.69) is 26.1 Å². The number of nitrogens with zero attached hydrogens (tertiary/aromatic N) is 1. The highest BCUT2D eigenvalue weighted by Gasteiger charge is 2.39. The minimum absolute atomic E-state index is 0.0754. The lowest BCUT2D eigenvalue weighted by molar-refractivity contribution is -0.147. The molecule has 1 aromatic carbocycles. The number of rotatable bonds is 3. The average molecular weight is 330 g/mol. The Morgan fingerprint density at radius 3 is 1.96 bits per heavy atom. The topological polar surface area (TPSA) is 49.4 Å². The highest BCUT2D eigenvalue weighted by molar-refractivity contribution is 6.09. The zero-order chi connectivity index (χ0) is 18.0. The van der Waals surface area contributed by atoms with Crippen molar-refractivity contribution in [2.24, 2.45) is 5.41 Å². The highest BCUT2D eigenvalue weighted by atomic mass is 16.2. The van der Waals surface area contributed by atoms with Crippen LogP contribution in [0, 0.1) is 5.41 Å². The van der Waals surface area contributed by atoms with Crippen molar-refractivity contribution in [1.82, 2.24) is 4.90 Å². The number of nitrogens with one attached hydrogen (secondary N) is 1. The summed E-state index contributed by atoms with van der Waals surface area (Å²) in [5.41, 5.74) is 0.961. The van der Waals surface area contributed by atoms with Gasteiger partial charge < -0.3 is 10.2 Å². The van der Waals surface area contributed by atoms with Gasteiger partial charge >= 0.3 is 0 Å². The van der Waals surface area contributed by atoms with Crippen LogP contribution in [0.4, 0.5) is 5.69 Å². The van der Waals surface area contributed by atoms with Crippen LogP contribution in [0.2, 0.25) is 0 Å². The zero-order valence-electron chi connectivity index (χ0n) is 15.6. The maximum absolute atomic E-state index is 12.7. The molecular formula is C20H30N2O2. The molecule has 1 fully saturated rings. The van der Waals surface area contributed by atoms with Crippen LogP contribution in [0.25, 0.3) is 0 Å². The number of carbonyl (C=O) groups is 2. The molecule has 1 aromatic rings. The van der Waals surface area contributed by atoms with E-state index >= 15 is 0 Å². The van der Waals surface area contributed by atoms with Gasteiger partial charge in [-0.2, -0.15) is 0 Å². The van der Waals surface area contributed by atoms with E-state index in [1.807, 2.05) is 29.2 Å². The summed E-state index contributed by atoms with van der Waals surface area (Å²) in [5.74, 6) is -0.326. The summed E-state index contributed by atoms with van der Waals surface area (Å²) in [6.07, 6.45) is 3.21. The van der Waals surface area contributed by atoms with E-state index in [-0.39, 0.29) is 17.2 Å². The second-order valence-electron chi connectivity index (χ2n) is 8.26. The van der Waals surface area contributed by atoms with Crippen molar-refractivity contribution in [3.8, 4) is 0 Å². The lowest BCUT2D eigenvalue weighted by Gasteiger charge is -2.33. The molecule has 1 aliphatic rings. The predicted molar refractivity (Wildman–Crippen MR) is 98.0 cm³/mol. The molecule has 132 valence electrons. The van der Waals surface area contributed by atoms with Crippen LogP contribution in [-0.2, 0) is 15.0 Å². The molecule has 4 nitrogen and oxygen atoms in total. The van der Waals surface area contributed by atoms with Crippen molar-refractivity contribution < 1.29 is 9.59 Å². The van der Waals surface area contributed by atoms with Gasteiger partial charge in [0.05, 0.1) is 0 Å². The minimum Gasteiger partial charge on any atom is -0.342 e. The van der Waals surface area contributed by atoms with E-state index in [9.17, 15) is 9.59 Å². The van der Waals surface area contributed by atoms with Crippen molar-refractivity contribution in [3.05, 3.63) is 29.8 Å². The van der Waals surface area contributed by atoms with Crippen LogP contribution in [0.3, 0.4) is 0 Å². The highest BCUT2D eigenvalue weighted by Crippen LogP contribution is 2.26. The number of hydrogen-bond donors (Lipinski definition) is 1. The van der Waals surface area contributed by atoms with Crippen LogP contribution in [0.15, 0.2) is 24.3 Å². The van der Waals surface area contributed by atoms with Crippen LogP contribution in [0.5, 0.6) is 0 Å². The summed E-state index contributed by atoms with van der Waals surface area (Å²) >= 11 is 0. The first-order valence-corrected chi connectivity index (χ1v) is 8.84. The summed E-state index contributed by atoms with van der Waals surface area (Å²) in [5, 5.41) is 2.89. The van der Waals surface area contributed by atoms with Gasteiger partial charge in [0.1, 0.15) is 5.41 Å². The second-order valence-corrected chi connectivity index (χ2v) is 8.26. The van der Waals surface area contributed by atoms with E-state index in [1.165, 1.54) is 5.56 Å². The molecule has 0 aliphatic carbocycles. The van der Waals surface area contributed by atoms with Crippen molar-refractivity contribution in [2.45, 2.75) is 59.3 Å². The van der Waals surface area contributed by atoms with Gasteiger partial charge in [-0.3, -0.25) is 9.59 Å². The van der Waals surface area contributed by atoms with Gasteiger partial charge in [-0.25, -0.2) is 0 Å². The van der Waals surface area contributed by atoms with Gasteiger partial charge in [0.25, 0.3) is 0 Å². The molecule has 0 aromatic heterocycles. The lowest BCUT2D eigenvalue weighted by atomic mass is 9.87. The SMILES string of the molecule is CC(C)(C(=O)Nc1ccc(C(C)(C)C)cc1)C(=O)N1CCCCC1. The van der Waals surface area contributed by atoms with Gasteiger partial charge in [-0.15, -0.1) is 0 Å². The molecule has 0 saturated carbocycles. The largest absolute Gasteiger partial charge is 0.342 e. The van der Waals surface area contributed by atoms with Gasteiger partial charge in [0, 0.05) is 18.8 Å². The fourth-order valence-electron chi connectivity index (χ4n) is 2.93. The van der Waals surface area contributed by atoms with E-state index in [0.29, 0.717) is 0 Å². The van der Waals surface area contributed by atoms with Gasteiger partial charge in [0.2, 0.25) is 11.8 Å². The van der Waals surface area contributed by atoms with Crippen LogP contribution in [-0.4, -0.2) is 29.8 Å². The Kier molecular flexibility index (Phi) is 5.36. The van der Waals surface area contributed by atoms with Crippen LogP contribution >= 0.6 is 0 Å². The quantitative estimate of drug-likeness (QED) is 0.853. The molecule has 2 amide bonds. The van der Waals surface area contributed by atoms with Gasteiger partial charge in [-0.1, -0.05) is 32.9 Å². The maximum atomic E-state index is 12.7. The van der Waals surface area contributed by atoms with Crippen molar-refractivity contribution in [3.63, 3.8) is 0 Å². The number of likely N-dealkylation sites (tertiary alicyclic amines) is 1. The Morgan fingerprint density at radius 1 is 0.917 bits per heavy atom. The maximum Gasteiger partial charge on any atom is 0.239 e. The summed E-state index contributed by atoms with van der Waals surface area (Å²) in [6, 6.07) is 7.85. The number of amides is 2. The monoisotopic (exact) mass is 330 g/mol. The van der Waals surface area contributed by atoms with Gasteiger partial charge in [-0.05, 0) is 56.2 Å². The summed E-state index contributed by atoms with van der Waals surface area (Å²) in [7, 11) is 0. The lowest BCUT2D eigenvalue weighted by Crippen LogP contribution is -2.48. The first kappa shape index (κ1) is 18.5. The van der Waals surface area contributed by atoms with Crippen molar-refractivity contribution in [1.29, 1.82) is 0 Å². The fraction of sp³-hybridized carbons (Fsp3) is 0.600. The van der Waals surface area contributed by atoms with Crippen molar-refractivity contribution >= 4 is 17.5 Å². The molecule has 0 radical (unpaired) electrons. The van der Waals surface area contributed by atoms with E-state index < -0.39 is 5.41 Å². The molecule has 24 heavy (non-hydrogen) atoms. The Hall–Kier alpha value is -1.84. The van der Waals surface area contributed by atoms with Crippen LogP contribution in [0.1, 0.15) is 59.4 Å². The Balaban J connectivity index is 2.05. The Bertz CT molecular complexity index is 591.